The molecule has 1 unspecified atom stereocenters. The maximum absolute atomic E-state index is 13.5. The SMILES string of the molecule is NC(=O)CC(n1ccc2cnc(Nc3cccc(F)c3)nc21)C1(C(=O)O)CCCC1. The smallest absolute Gasteiger partial charge is 0.311 e. The van der Waals surface area contributed by atoms with Crippen molar-refractivity contribution in [3.63, 3.8) is 0 Å². The Kier molecular flexibility index (Phi) is 5.11. The van der Waals surface area contributed by atoms with Gasteiger partial charge < -0.3 is 20.7 Å². The number of carbonyl (C=O) groups excluding carboxylic acids is 1. The monoisotopic (exact) mass is 411 g/mol. The van der Waals surface area contributed by atoms with E-state index in [1.807, 2.05) is 0 Å². The first-order chi connectivity index (χ1) is 14.4. The highest BCUT2D eigenvalue weighted by molar-refractivity contribution is 5.82. The highest BCUT2D eigenvalue weighted by Crippen LogP contribution is 2.49. The van der Waals surface area contributed by atoms with Crippen molar-refractivity contribution in [3.8, 4) is 0 Å². The highest BCUT2D eigenvalue weighted by atomic mass is 19.1. The number of carboxylic acid groups (broad SMARTS) is 1. The normalized spacial score (nSPS) is 16.4. The number of carboxylic acids is 1. The summed E-state index contributed by atoms with van der Waals surface area (Å²) in [6.07, 6.45) is 5.72. The third-order valence-electron chi connectivity index (χ3n) is 5.83. The molecule has 0 aliphatic heterocycles. The second kappa shape index (κ2) is 7.74. The number of fused-ring (bicyclic) bond motifs is 1. The number of primary amides is 1. The van der Waals surface area contributed by atoms with Gasteiger partial charge in [0, 0.05) is 29.9 Å². The number of nitrogens with two attached hydrogens (primary N) is 1. The fourth-order valence-corrected chi connectivity index (χ4v) is 4.39. The second-order valence-electron chi connectivity index (χ2n) is 7.69. The molecule has 1 aromatic carbocycles. The number of rotatable bonds is 7. The molecule has 8 nitrogen and oxygen atoms in total. The number of amides is 1. The number of aromatic nitrogens is 3. The van der Waals surface area contributed by atoms with E-state index in [1.165, 1.54) is 12.1 Å². The Bertz CT molecular complexity index is 1110. The van der Waals surface area contributed by atoms with Crippen LogP contribution in [-0.2, 0) is 9.59 Å². The van der Waals surface area contributed by atoms with E-state index in [0.29, 0.717) is 29.6 Å². The fourth-order valence-electron chi connectivity index (χ4n) is 4.39. The van der Waals surface area contributed by atoms with E-state index < -0.39 is 29.2 Å². The van der Waals surface area contributed by atoms with Crippen LogP contribution in [0.1, 0.15) is 38.1 Å². The third-order valence-corrected chi connectivity index (χ3v) is 5.83. The third kappa shape index (κ3) is 3.58. The van der Waals surface area contributed by atoms with E-state index in [9.17, 15) is 19.1 Å². The number of hydrogen-bond acceptors (Lipinski definition) is 5. The van der Waals surface area contributed by atoms with Crippen LogP contribution in [0.15, 0.2) is 42.7 Å². The molecule has 0 saturated heterocycles. The molecule has 156 valence electrons. The number of halogens is 1. The maximum atomic E-state index is 13.5. The van der Waals surface area contributed by atoms with Gasteiger partial charge in [0.2, 0.25) is 11.9 Å². The van der Waals surface area contributed by atoms with E-state index in [1.54, 1.807) is 35.2 Å². The van der Waals surface area contributed by atoms with Gasteiger partial charge in [-0.05, 0) is 37.1 Å². The van der Waals surface area contributed by atoms with E-state index in [4.69, 9.17) is 5.73 Å². The zero-order valence-corrected chi connectivity index (χ0v) is 16.2. The molecule has 4 rings (SSSR count). The van der Waals surface area contributed by atoms with Crippen LogP contribution in [-0.4, -0.2) is 31.5 Å². The second-order valence-corrected chi connectivity index (χ2v) is 7.69. The summed E-state index contributed by atoms with van der Waals surface area (Å²) in [5.41, 5.74) is 5.38. The lowest BCUT2D eigenvalue weighted by atomic mass is 9.76. The summed E-state index contributed by atoms with van der Waals surface area (Å²) >= 11 is 0. The summed E-state index contributed by atoms with van der Waals surface area (Å²) in [6.45, 7) is 0. The molecular formula is C21H22FN5O3. The summed E-state index contributed by atoms with van der Waals surface area (Å²) in [4.78, 5) is 32.9. The molecule has 1 amide bonds. The average molecular weight is 411 g/mol. The molecule has 30 heavy (non-hydrogen) atoms. The number of benzene rings is 1. The topological polar surface area (TPSA) is 123 Å². The zero-order chi connectivity index (χ0) is 21.3. The Morgan fingerprint density at radius 2 is 2.07 bits per heavy atom. The Morgan fingerprint density at radius 3 is 2.73 bits per heavy atom. The number of nitrogens with zero attached hydrogens (tertiary/aromatic N) is 3. The van der Waals surface area contributed by atoms with Crippen molar-refractivity contribution in [1.29, 1.82) is 0 Å². The van der Waals surface area contributed by atoms with Gasteiger partial charge in [0.25, 0.3) is 0 Å². The minimum absolute atomic E-state index is 0.104. The minimum atomic E-state index is -1.08. The average Bonchev–Trinajstić information content (AvgIpc) is 3.34. The molecule has 2 heterocycles. The molecule has 1 saturated carbocycles. The van der Waals surface area contributed by atoms with Crippen molar-refractivity contribution in [2.45, 2.75) is 38.1 Å². The van der Waals surface area contributed by atoms with Gasteiger partial charge in [0.1, 0.15) is 11.5 Å². The standard InChI is InChI=1S/C21H22FN5O3/c22-14-4-3-5-15(10-14)25-20-24-12-13-6-9-27(18(13)26-20)16(11-17(23)28)21(19(29)30)7-1-2-8-21/h3-6,9-10,12,16H,1-2,7-8,11H2,(H2,23,28)(H,29,30)(H,24,25,26). The number of hydrogen-bond donors (Lipinski definition) is 3. The lowest BCUT2D eigenvalue weighted by Crippen LogP contribution is -2.39. The molecule has 0 spiro atoms. The van der Waals surface area contributed by atoms with Crippen LogP contribution >= 0.6 is 0 Å². The quantitative estimate of drug-likeness (QED) is 0.548. The number of carbonyl (C=O) groups is 2. The molecular weight excluding hydrogens is 389 g/mol. The van der Waals surface area contributed by atoms with Crippen molar-refractivity contribution in [1.82, 2.24) is 14.5 Å². The van der Waals surface area contributed by atoms with Crippen LogP contribution in [0.3, 0.4) is 0 Å². The lowest BCUT2D eigenvalue weighted by molar-refractivity contribution is -0.152. The summed E-state index contributed by atoms with van der Waals surface area (Å²) in [5.74, 6) is -1.65. The molecule has 3 aromatic rings. The van der Waals surface area contributed by atoms with E-state index in [0.717, 1.165) is 12.8 Å². The molecule has 1 aliphatic carbocycles. The number of aliphatic carboxylic acids is 1. The van der Waals surface area contributed by atoms with Gasteiger partial charge in [0.15, 0.2) is 0 Å². The van der Waals surface area contributed by atoms with Crippen LogP contribution in [0, 0.1) is 11.2 Å². The van der Waals surface area contributed by atoms with Gasteiger partial charge in [-0.25, -0.2) is 9.37 Å². The van der Waals surface area contributed by atoms with Gasteiger partial charge in [-0.1, -0.05) is 18.9 Å². The number of nitrogens with one attached hydrogen (secondary N) is 1. The molecule has 4 N–H and O–H groups in total. The summed E-state index contributed by atoms with van der Waals surface area (Å²) < 4.78 is 15.2. The van der Waals surface area contributed by atoms with Crippen molar-refractivity contribution in [2.24, 2.45) is 11.1 Å². The predicted molar refractivity (Wildman–Crippen MR) is 109 cm³/mol. The Morgan fingerprint density at radius 1 is 1.30 bits per heavy atom. The molecule has 0 radical (unpaired) electrons. The predicted octanol–water partition coefficient (Wildman–Crippen LogP) is 3.38. The van der Waals surface area contributed by atoms with E-state index in [-0.39, 0.29) is 12.4 Å². The van der Waals surface area contributed by atoms with Crippen molar-refractivity contribution in [2.75, 3.05) is 5.32 Å². The van der Waals surface area contributed by atoms with Gasteiger partial charge in [0.05, 0.1) is 11.5 Å². The van der Waals surface area contributed by atoms with Crippen LogP contribution in [0.4, 0.5) is 16.0 Å². The molecule has 2 aromatic heterocycles. The molecule has 0 bridgehead atoms. The first kappa shape index (κ1) is 19.8. The van der Waals surface area contributed by atoms with Gasteiger partial charge in [-0.2, -0.15) is 4.98 Å². The van der Waals surface area contributed by atoms with Gasteiger partial charge in [-0.3, -0.25) is 9.59 Å². The molecule has 1 atom stereocenters. The Hall–Kier alpha value is -3.49. The molecule has 1 fully saturated rings. The summed E-state index contributed by atoms with van der Waals surface area (Å²) in [5, 5.41) is 13.7. The zero-order valence-electron chi connectivity index (χ0n) is 16.2. The summed E-state index contributed by atoms with van der Waals surface area (Å²) in [7, 11) is 0. The molecule has 9 heteroatoms. The molecule has 1 aliphatic rings. The minimum Gasteiger partial charge on any atom is -0.481 e. The van der Waals surface area contributed by atoms with Gasteiger partial charge >= 0.3 is 5.97 Å². The van der Waals surface area contributed by atoms with E-state index in [2.05, 4.69) is 15.3 Å². The maximum Gasteiger partial charge on any atom is 0.311 e. The largest absolute Gasteiger partial charge is 0.481 e. The van der Waals surface area contributed by atoms with Crippen LogP contribution < -0.4 is 11.1 Å². The first-order valence-corrected chi connectivity index (χ1v) is 9.77. The van der Waals surface area contributed by atoms with Gasteiger partial charge in [-0.15, -0.1) is 0 Å². The first-order valence-electron chi connectivity index (χ1n) is 9.77. The van der Waals surface area contributed by atoms with Crippen molar-refractivity contribution in [3.05, 3.63) is 48.5 Å². The Labute approximate surface area is 171 Å². The Balaban J connectivity index is 1.77. The summed E-state index contributed by atoms with van der Waals surface area (Å²) in [6, 6.07) is 7.02. The fraction of sp³-hybridized carbons (Fsp3) is 0.333. The number of anilines is 2. The van der Waals surface area contributed by atoms with Crippen LogP contribution in [0.2, 0.25) is 0 Å². The van der Waals surface area contributed by atoms with Crippen molar-refractivity contribution >= 4 is 34.5 Å². The van der Waals surface area contributed by atoms with Crippen molar-refractivity contribution < 1.29 is 19.1 Å². The lowest BCUT2D eigenvalue weighted by Gasteiger charge is -2.34. The van der Waals surface area contributed by atoms with E-state index >= 15 is 0 Å². The van der Waals surface area contributed by atoms with Crippen LogP contribution in [0.25, 0.3) is 11.0 Å². The van der Waals surface area contributed by atoms with Crippen LogP contribution in [0.5, 0.6) is 0 Å². The highest BCUT2D eigenvalue weighted by Gasteiger charge is 2.49.